The number of hydrogen-bond acceptors (Lipinski definition) is 4. The maximum absolute atomic E-state index is 12.9. The number of nitrogens with one attached hydrogen (secondary N) is 1. The molecule has 1 atom stereocenters. The Morgan fingerprint density at radius 1 is 1.13 bits per heavy atom. The van der Waals surface area contributed by atoms with Crippen molar-refractivity contribution in [2.24, 2.45) is 0 Å². The summed E-state index contributed by atoms with van der Waals surface area (Å²) < 4.78 is 5.73. The van der Waals surface area contributed by atoms with E-state index in [9.17, 15) is 9.59 Å². The number of carbonyl (C=O) groups is 2. The molecule has 3 aromatic rings. The molecule has 0 fully saturated rings. The highest BCUT2D eigenvalue weighted by molar-refractivity contribution is 6.31. The first kappa shape index (κ1) is 21.6. The van der Waals surface area contributed by atoms with E-state index in [2.05, 4.69) is 10.3 Å². The minimum absolute atomic E-state index is 0.114. The van der Waals surface area contributed by atoms with Crippen molar-refractivity contribution in [2.75, 3.05) is 0 Å². The Balaban J connectivity index is 1.78. The molecule has 0 aliphatic rings. The quantitative estimate of drug-likeness (QED) is 0.525. The van der Waals surface area contributed by atoms with Crippen LogP contribution in [0.3, 0.4) is 0 Å². The number of rotatable bonds is 7. The van der Waals surface area contributed by atoms with Gasteiger partial charge in [0.15, 0.2) is 0 Å². The first-order chi connectivity index (χ1) is 14.3. The summed E-state index contributed by atoms with van der Waals surface area (Å²) in [5, 5.41) is 12.8. The van der Waals surface area contributed by atoms with E-state index in [4.69, 9.17) is 33.0 Å². The van der Waals surface area contributed by atoms with E-state index in [1.807, 2.05) is 18.2 Å². The fraction of sp³-hybridized carbons (Fsp3) is 0.136. The number of ether oxygens (including phenoxy) is 1. The third-order valence-electron chi connectivity index (χ3n) is 4.37. The van der Waals surface area contributed by atoms with Crippen LogP contribution >= 0.6 is 23.2 Å². The number of aromatic nitrogens is 1. The van der Waals surface area contributed by atoms with Gasteiger partial charge in [-0.15, -0.1) is 0 Å². The fourth-order valence-corrected chi connectivity index (χ4v) is 3.11. The lowest BCUT2D eigenvalue weighted by atomic mass is 10.0. The molecule has 0 spiro atoms. The molecule has 1 heterocycles. The van der Waals surface area contributed by atoms with Crippen LogP contribution in [0.15, 0.2) is 60.8 Å². The summed E-state index contributed by atoms with van der Waals surface area (Å²) in [5.41, 5.74) is 1.70. The van der Waals surface area contributed by atoms with Crippen molar-refractivity contribution in [2.45, 2.75) is 19.6 Å². The molecule has 6 nitrogen and oxygen atoms in total. The standard InChI is InChI=1S/C22H18Cl2N2O4/c1-13(14-6-4-7-15(9-14)22(28)29)26-20(27)18-10-17(23)11-25-21(18)30-12-16-5-2-3-8-19(16)24/h2-11,13H,12H2,1H3,(H,26,27)(H,28,29)/t13-/m0/s1. The molecule has 154 valence electrons. The lowest BCUT2D eigenvalue weighted by Crippen LogP contribution is -2.27. The van der Waals surface area contributed by atoms with Gasteiger partial charge in [0.05, 0.1) is 16.6 Å². The molecule has 8 heteroatoms. The average Bonchev–Trinajstić information content (AvgIpc) is 2.73. The van der Waals surface area contributed by atoms with E-state index in [1.165, 1.54) is 24.4 Å². The zero-order valence-electron chi connectivity index (χ0n) is 15.9. The molecule has 2 aromatic carbocycles. The minimum atomic E-state index is -1.04. The van der Waals surface area contributed by atoms with Crippen LogP contribution in [-0.4, -0.2) is 22.0 Å². The van der Waals surface area contributed by atoms with Gasteiger partial charge >= 0.3 is 5.97 Å². The smallest absolute Gasteiger partial charge is 0.335 e. The largest absolute Gasteiger partial charge is 0.478 e. The molecule has 0 saturated heterocycles. The highest BCUT2D eigenvalue weighted by atomic mass is 35.5. The molecule has 0 unspecified atom stereocenters. The van der Waals surface area contributed by atoms with E-state index in [1.54, 1.807) is 25.1 Å². The minimum Gasteiger partial charge on any atom is -0.478 e. The zero-order chi connectivity index (χ0) is 21.7. The van der Waals surface area contributed by atoms with Crippen molar-refractivity contribution in [3.05, 3.63) is 93.1 Å². The van der Waals surface area contributed by atoms with Crippen LogP contribution in [0, 0.1) is 0 Å². The van der Waals surface area contributed by atoms with Gasteiger partial charge in [-0.2, -0.15) is 0 Å². The second-order valence-electron chi connectivity index (χ2n) is 6.51. The number of carboxylic acid groups (broad SMARTS) is 1. The summed E-state index contributed by atoms with van der Waals surface area (Å²) in [6, 6.07) is 14.6. The topological polar surface area (TPSA) is 88.5 Å². The summed E-state index contributed by atoms with van der Waals surface area (Å²) in [6.07, 6.45) is 1.39. The van der Waals surface area contributed by atoms with Crippen molar-refractivity contribution in [3.63, 3.8) is 0 Å². The molecule has 0 aliphatic heterocycles. The zero-order valence-corrected chi connectivity index (χ0v) is 17.4. The number of amides is 1. The van der Waals surface area contributed by atoms with Crippen molar-refractivity contribution in [3.8, 4) is 5.88 Å². The summed E-state index contributed by atoms with van der Waals surface area (Å²) in [5.74, 6) is -1.37. The predicted octanol–water partition coefficient (Wildman–Crippen LogP) is 5.16. The van der Waals surface area contributed by atoms with Gasteiger partial charge in [0.1, 0.15) is 12.2 Å². The number of nitrogens with zero attached hydrogens (tertiary/aromatic N) is 1. The maximum Gasteiger partial charge on any atom is 0.335 e. The number of halogens is 2. The Morgan fingerprint density at radius 2 is 1.90 bits per heavy atom. The van der Waals surface area contributed by atoms with Gasteiger partial charge in [-0.25, -0.2) is 9.78 Å². The molecule has 0 aliphatic carbocycles. The van der Waals surface area contributed by atoms with Crippen LogP contribution in [0.1, 0.15) is 44.8 Å². The van der Waals surface area contributed by atoms with Crippen molar-refractivity contribution in [1.82, 2.24) is 10.3 Å². The number of pyridine rings is 1. The summed E-state index contributed by atoms with van der Waals surface area (Å²) in [7, 11) is 0. The van der Waals surface area contributed by atoms with Gasteiger partial charge < -0.3 is 15.2 Å². The lowest BCUT2D eigenvalue weighted by Gasteiger charge is -2.16. The maximum atomic E-state index is 12.9. The Morgan fingerprint density at radius 3 is 2.63 bits per heavy atom. The van der Waals surface area contributed by atoms with Gasteiger partial charge in [-0.3, -0.25) is 4.79 Å². The number of aromatic carboxylic acids is 1. The molecule has 0 saturated carbocycles. The second kappa shape index (κ2) is 9.61. The number of hydrogen-bond donors (Lipinski definition) is 2. The highest BCUT2D eigenvalue weighted by Crippen LogP contribution is 2.24. The highest BCUT2D eigenvalue weighted by Gasteiger charge is 2.19. The summed E-state index contributed by atoms with van der Waals surface area (Å²) >= 11 is 12.2. The fourth-order valence-electron chi connectivity index (χ4n) is 2.76. The molecule has 30 heavy (non-hydrogen) atoms. The lowest BCUT2D eigenvalue weighted by molar-refractivity contribution is 0.0696. The van der Waals surface area contributed by atoms with Crippen LogP contribution in [-0.2, 0) is 6.61 Å². The van der Waals surface area contributed by atoms with E-state index in [0.29, 0.717) is 10.6 Å². The van der Waals surface area contributed by atoms with Gasteiger partial charge in [0.2, 0.25) is 5.88 Å². The van der Waals surface area contributed by atoms with Crippen molar-refractivity contribution in [1.29, 1.82) is 0 Å². The van der Waals surface area contributed by atoms with Crippen LogP contribution in [0.5, 0.6) is 5.88 Å². The first-order valence-electron chi connectivity index (χ1n) is 9.01. The molecule has 0 bridgehead atoms. The van der Waals surface area contributed by atoms with E-state index >= 15 is 0 Å². The van der Waals surface area contributed by atoms with Crippen LogP contribution in [0.25, 0.3) is 0 Å². The van der Waals surface area contributed by atoms with Crippen molar-refractivity contribution >= 4 is 35.1 Å². The number of carboxylic acids is 1. The average molecular weight is 445 g/mol. The van der Waals surface area contributed by atoms with Gasteiger partial charge in [-0.05, 0) is 36.8 Å². The van der Waals surface area contributed by atoms with Gasteiger partial charge in [0, 0.05) is 16.8 Å². The Labute approximate surface area is 183 Å². The van der Waals surface area contributed by atoms with Crippen molar-refractivity contribution < 1.29 is 19.4 Å². The number of benzene rings is 2. The third kappa shape index (κ3) is 5.28. The van der Waals surface area contributed by atoms with Gasteiger partial charge in [0.25, 0.3) is 5.91 Å². The Kier molecular flexibility index (Phi) is 6.92. The molecule has 2 N–H and O–H groups in total. The summed E-state index contributed by atoms with van der Waals surface area (Å²) in [6.45, 7) is 1.88. The molecule has 0 radical (unpaired) electrons. The Hall–Kier alpha value is -3.09. The number of carbonyl (C=O) groups excluding carboxylic acids is 1. The second-order valence-corrected chi connectivity index (χ2v) is 7.36. The molecular weight excluding hydrogens is 427 g/mol. The van der Waals surface area contributed by atoms with E-state index in [0.717, 1.165) is 5.56 Å². The van der Waals surface area contributed by atoms with Gasteiger partial charge in [-0.1, -0.05) is 53.5 Å². The third-order valence-corrected chi connectivity index (χ3v) is 4.94. The van der Waals surface area contributed by atoms with Crippen LogP contribution in [0.4, 0.5) is 0 Å². The predicted molar refractivity (Wildman–Crippen MR) is 114 cm³/mol. The Bertz CT molecular complexity index is 1090. The SMILES string of the molecule is C[C@H](NC(=O)c1cc(Cl)cnc1OCc1ccccc1Cl)c1cccc(C(=O)O)c1. The summed E-state index contributed by atoms with van der Waals surface area (Å²) in [4.78, 5) is 28.2. The first-order valence-corrected chi connectivity index (χ1v) is 9.76. The monoisotopic (exact) mass is 444 g/mol. The molecule has 1 aromatic heterocycles. The molecule has 3 rings (SSSR count). The van der Waals surface area contributed by atoms with E-state index < -0.39 is 17.9 Å². The van der Waals surface area contributed by atoms with Crippen LogP contribution in [0.2, 0.25) is 10.0 Å². The molecule has 1 amide bonds. The molecular formula is C22H18Cl2N2O4. The van der Waals surface area contributed by atoms with E-state index in [-0.39, 0.29) is 28.6 Å². The normalized spacial score (nSPS) is 11.6. The van der Waals surface area contributed by atoms with Crippen LogP contribution < -0.4 is 10.1 Å².